The predicted molar refractivity (Wildman–Crippen MR) is 179 cm³/mol. The first-order valence-corrected chi connectivity index (χ1v) is 19.6. The van der Waals surface area contributed by atoms with Crippen LogP contribution in [0.5, 0.6) is 0 Å². The average Bonchev–Trinajstić information content (AvgIpc) is 3.27. The fourth-order valence-electron chi connectivity index (χ4n) is 6.76. The zero-order valence-corrected chi connectivity index (χ0v) is 29.4. The molecule has 9 atom stereocenters. The van der Waals surface area contributed by atoms with E-state index < -0.39 is 14.6 Å². The Bertz CT molecular complexity index is 1110. The first kappa shape index (κ1) is 35.3. The maximum atomic E-state index is 11.3. The maximum absolute atomic E-state index is 11.3. The fraction of sp³-hybridized carbons (Fsp3) is 0.676. The van der Waals surface area contributed by atoms with Crippen LogP contribution in [-0.2, 0) is 36.6 Å². The second-order valence-corrected chi connectivity index (χ2v) is 19.6. The predicted octanol–water partition coefficient (Wildman–Crippen LogP) is 7.99. The van der Waals surface area contributed by atoms with Gasteiger partial charge in [-0.25, -0.2) is 0 Å². The van der Waals surface area contributed by atoms with Gasteiger partial charge in [-0.1, -0.05) is 95.3 Å². The minimum absolute atomic E-state index is 0.00682. The van der Waals surface area contributed by atoms with E-state index in [9.17, 15) is 5.11 Å². The fourth-order valence-corrected chi connectivity index (χ4v) is 8.20. The van der Waals surface area contributed by atoms with Gasteiger partial charge in [0.1, 0.15) is 0 Å². The second-order valence-electron chi connectivity index (χ2n) is 14.8. The lowest BCUT2D eigenvalue weighted by atomic mass is 9.72. The Morgan fingerprint density at radius 1 is 0.932 bits per heavy atom. The van der Waals surface area contributed by atoms with Crippen LogP contribution < -0.4 is 0 Å². The molecule has 1 N–H and O–H groups in total. The number of benzene rings is 2. The molecule has 0 bridgehead atoms. The monoisotopic (exact) mass is 626 g/mol. The van der Waals surface area contributed by atoms with Crippen LogP contribution in [0.25, 0.3) is 0 Å². The molecule has 44 heavy (non-hydrogen) atoms. The van der Waals surface area contributed by atoms with Crippen molar-refractivity contribution in [2.75, 3.05) is 13.7 Å². The number of rotatable bonds is 14. The van der Waals surface area contributed by atoms with Crippen molar-refractivity contribution in [1.82, 2.24) is 0 Å². The highest BCUT2D eigenvalue weighted by molar-refractivity contribution is 6.74. The molecule has 7 heteroatoms. The van der Waals surface area contributed by atoms with Crippen molar-refractivity contribution in [3.8, 4) is 0 Å². The highest BCUT2D eigenvalue weighted by Crippen LogP contribution is 2.46. The zero-order chi connectivity index (χ0) is 31.9. The van der Waals surface area contributed by atoms with Crippen molar-refractivity contribution >= 4 is 8.32 Å². The molecule has 1 saturated carbocycles. The van der Waals surface area contributed by atoms with Crippen LogP contribution in [-0.4, -0.2) is 57.8 Å². The van der Waals surface area contributed by atoms with Crippen molar-refractivity contribution in [1.29, 1.82) is 0 Å². The SMILES string of the molecule is CO[C@@H]1C[C@H](C2C(O)O[C@@H](C[C@H](O[Si](C)(C)C(C)(C)C)[C@H](C)COCc3ccccc3)[C@@H]2C)CC[C@H]1OCc1ccccc1. The van der Waals surface area contributed by atoms with Crippen molar-refractivity contribution in [3.05, 3.63) is 71.8 Å². The van der Waals surface area contributed by atoms with Crippen LogP contribution in [0.4, 0.5) is 0 Å². The molecule has 246 valence electrons. The van der Waals surface area contributed by atoms with Gasteiger partial charge in [0, 0.05) is 18.9 Å². The molecule has 1 aliphatic heterocycles. The molecule has 2 aliphatic rings. The Morgan fingerprint density at radius 2 is 1.55 bits per heavy atom. The first-order chi connectivity index (χ1) is 20.9. The van der Waals surface area contributed by atoms with Crippen LogP contribution in [0.2, 0.25) is 18.1 Å². The lowest BCUT2D eigenvalue weighted by Gasteiger charge is -2.42. The molecule has 1 heterocycles. The third-order valence-electron chi connectivity index (χ3n) is 10.6. The van der Waals surface area contributed by atoms with Gasteiger partial charge in [0.05, 0.1) is 44.2 Å². The van der Waals surface area contributed by atoms with Gasteiger partial charge in [-0.3, -0.25) is 0 Å². The smallest absolute Gasteiger partial charge is 0.192 e. The number of hydrogen-bond donors (Lipinski definition) is 1. The molecule has 0 spiro atoms. The summed E-state index contributed by atoms with van der Waals surface area (Å²) in [4.78, 5) is 0. The van der Waals surface area contributed by atoms with Crippen LogP contribution in [0.15, 0.2) is 60.7 Å². The number of aliphatic hydroxyl groups is 1. The molecule has 2 unspecified atom stereocenters. The van der Waals surface area contributed by atoms with E-state index in [2.05, 4.69) is 72.0 Å². The van der Waals surface area contributed by atoms with E-state index in [4.69, 9.17) is 23.4 Å². The number of hydrogen-bond acceptors (Lipinski definition) is 6. The normalized spacial score (nSPS) is 29.4. The summed E-state index contributed by atoms with van der Waals surface area (Å²) in [7, 11) is -0.271. The Kier molecular flexibility index (Phi) is 12.7. The second kappa shape index (κ2) is 15.8. The molecule has 6 nitrogen and oxygen atoms in total. The van der Waals surface area contributed by atoms with E-state index in [0.29, 0.717) is 25.7 Å². The van der Waals surface area contributed by atoms with Crippen LogP contribution in [0.1, 0.15) is 71.4 Å². The molecule has 4 rings (SSSR count). The molecule has 1 saturated heterocycles. The summed E-state index contributed by atoms with van der Waals surface area (Å²) < 4.78 is 31.9. The highest BCUT2D eigenvalue weighted by Gasteiger charge is 2.49. The summed E-state index contributed by atoms with van der Waals surface area (Å²) in [5.74, 6) is 0.774. The Hall–Kier alpha value is -1.58. The van der Waals surface area contributed by atoms with Gasteiger partial charge >= 0.3 is 0 Å². The third kappa shape index (κ3) is 9.24. The summed E-state index contributed by atoms with van der Waals surface area (Å²) in [5, 5.41) is 11.4. The highest BCUT2D eigenvalue weighted by atomic mass is 28.4. The summed E-state index contributed by atoms with van der Waals surface area (Å²) in [6.07, 6.45) is 2.73. The lowest BCUT2D eigenvalue weighted by Crippen LogP contribution is -2.47. The molecule has 2 aromatic rings. The Morgan fingerprint density at radius 3 is 2.14 bits per heavy atom. The average molecular weight is 627 g/mol. The molecule has 2 fully saturated rings. The summed E-state index contributed by atoms with van der Waals surface area (Å²) in [6.45, 7) is 17.8. The van der Waals surface area contributed by atoms with Gasteiger partial charge in [-0.05, 0) is 66.8 Å². The standard InChI is InChI=1S/C37H58O6Si/c1-26(23-40-24-28-15-11-9-12-16-28)32(43-44(7,8)37(3,4)5)22-33-27(2)35(36(38)42-33)30-19-20-31(34(21-30)39-6)41-25-29-17-13-10-14-18-29/h9-18,26-27,30-36,38H,19-25H2,1-8H3/t26-,27+,30-,31-,32+,33+,34-,35?,36?/m1/s1. The van der Waals surface area contributed by atoms with E-state index >= 15 is 0 Å². The van der Waals surface area contributed by atoms with Gasteiger partial charge in [-0.15, -0.1) is 0 Å². The van der Waals surface area contributed by atoms with Crippen molar-refractivity contribution in [2.45, 2.75) is 122 Å². The minimum Gasteiger partial charge on any atom is -0.413 e. The Labute approximate surface area is 267 Å². The maximum Gasteiger partial charge on any atom is 0.192 e. The molecule has 0 radical (unpaired) electrons. The van der Waals surface area contributed by atoms with Crippen LogP contribution >= 0.6 is 0 Å². The summed E-state index contributed by atoms with van der Waals surface area (Å²) in [5.41, 5.74) is 2.35. The minimum atomic E-state index is -2.05. The molecular weight excluding hydrogens is 568 g/mol. The zero-order valence-electron chi connectivity index (χ0n) is 28.4. The quantitative estimate of drug-likeness (QED) is 0.215. The van der Waals surface area contributed by atoms with Gasteiger partial charge in [0.2, 0.25) is 0 Å². The van der Waals surface area contributed by atoms with Crippen LogP contribution in [0, 0.1) is 23.7 Å². The van der Waals surface area contributed by atoms with Gasteiger partial charge in [0.15, 0.2) is 14.6 Å². The van der Waals surface area contributed by atoms with Crippen molar-refractivity contribution in [3.63, 3.8) is 0 Å². The lowest BCUT2D eigenvalue weighted by molar-refractivity contribution is -0.139. The van der Waals surface area contributed by atoms with E-state index in [1.807, 2.05) is 36.4 Å². The third-order valence-corrected chi connectivity index (χ3v) is 15.1. The van der Waals surface area contributed by atoms with E-state index in [1.54, 1.807) is 7.11 Å². The molecule has 0 aromatic heterocycles. The first-order valence-electron chi connectivity index (χ1n) is 16.7. The molecule has 2 aromatic carbocycles. The van der Waals surface area contributed by atoms with E-state index in [0.717, 1.165) is 25.7 Å². The molecule has 1 aliphatic carbocycles. The van der Waals surface area contributed by atoms with Gasteiger partial charge in [-0.2, -0.15) is 0 Å². The van der Waals surface area contributed by atoms with E-state index in [1.165, 1.54) is 11.1 Å². The number of methoxy groups -OCH3 is 1. The topological polar surface area (TPSA) is 66.4 Å². The summed E-state index contributed by atoms with van der Waals surface area (Å²) >= 11 is 0. The van der Waals surface area contributed by atoms with Crippen molar-refractivity contribution < 1.29 is 28.5 Å². The molecule has 0 amide bonds. The molecular formula is C37H58O6Si. The van der Waals surface area contributed by atoms with Gasteiger partial charge < -0.3 is 28.5 Å². The largest absolute Gasteiger partial charge is 0.413 e. The number of ether oxygens (including phenoxy) is 4. The number of aliphatic hydroxyl groups excluding tert-OH is 1. The van der Waals surface area contributed by atoms with Gasteiger partial charge in [0.25, 0.3) is 0 Å². The van der Waals surface area contributed by atoms with Crippen LogP contribution in [0.3, 0.4) is 0 Å². The summed E-state index contributed by atoms with van der Waals surface area (Å²) in [6, 6.07) is 20.6. The van der Waals surface area contributed by atoms with Crippen molar-refractivity contribution in [2.24, 2.45) is 23.7 Å². The Balaban J connectivity index is 1.39. The van der Waals surface area contributed by atoms with E-state index in [-0.39, 0.29) is 47.2 Å².